The molecule has 0 unspecified atom stereocenters. The van der Waals surface area contributed by atoms with Crippen LogP contribution in [0.25, 0.3) is 10.9 Å². The molecule has 0 saturated carbocycles. The van der Waals surface area contributed by atoms with Crippen molar-refractivity contribution in [1.82, 2.24) is 19.8 Å². The van der Waals surface area contributed by atoms with Crippen LogP contribution in [-0.4, -0.2) is 72.8 Å². The van der Waals surface area contributed by atoms with Crippen LogP contribution in [0.1, 0.15) is 27.0 Å². The maximum Gasteiger partial charge on any atom is 0.262 e. The number of aryl methyl sites for hydroxylation is 1. The molecule has 0 atom stereocenters. The molecule has 1 N–H and O–H groups in total. The van der Waals surface area contributed by atoms with E-state index in [9.17, 15) is 9.59 Å². The van der Waals surface area contributed by atoms with Gasteiger partial charge < -0.3 is 14.8 Å². The Balaban J connectivity index is 1.09. The Kier molecular flexibility index (Phi) is 9.84. The van der Waals surface area contributed by atoms with Gasteiger partial charge in [-0.15, -0.1) is 0 Å². The Morgan fingerprint density at radius 1 is 1.00 bits per heavy atom. The first-order chi connectivity index (χ1) is 20.0. The third kappa shape index (κ3) is 7.42. The van der Waals surface area contributed by atoms with Crippen LogP contribution >= 0.6 is 11.8 Å². The molecular weight excluding hydrogens is 536 g/mol. The van der Waals surface area contributed by atoms with Crippen LogP contribution in [0, 0.1) is 6.92 Å². The van der Waals surface area contributed by atoms with Crippen molar-refractivity contribution in [3.63, 3.8) is 0 Å². The van der Waals surface area contributed by atoms with Gasteiger partial charge in [0.25, 0.3) is 5.56 Å². The van der Waals surface area contributed by atoms with Crippen molar-refractivity contribution in [3.05, 3.63) is 99.3 Å². The lowest BCUT2D eigenvalue weighted by Gasteiger charge is -2.26. The summed E-state index contributed by atoms with van der Waals surface area (Å²) >= 11 is 1.51. The summed E-state index contributed by atoms with van der Waals surface area (Å²) in [4.78, 5) is 33.0. The standard InChI is InChI=1S/C32H36N4O4S/c1-23-4-3-5-28-29(23)31(38)35(2)32(34-28)41-22-24-6-8-25(9-7-24)30(37)26-10-12-27(13-11-26)40-19-15-33-14-16-36-17-20-39-21-18-36/h3-13,33H,14-22H2,1-2H3. The lowest BCUT2D eigenvalue weighted by atomic mass is 10.0. The van der Waals surface area contributed by atoms with E-state index >= 15 is 0 Å². The molecule has 0 aliphatic carbocycles. The zero-order valence-electron chi connectivity index (χ0n) is 23.6. The summed E-state index contributed by atoms with van der Waals surface area (Å²) in [5.74, 6) is 1.35. The molecule has 5 rings (SSSR count). The molecule has 8 nitrogen and oxygen atoms in total. The number of thioether (sulfide) groups is 1. The molecule has 0 bridgehead atoms. The highest BCUT2D eigenvalue weighted by molar-refractivity contribution is 7.98. The first kappa shape index (κ1) is 29.0. The number of nitrogens with zero attached hydrogens (tertiary/aromatic N) is 3. The molecule has 3 aromatic carbocycles. The van der Waals surface area contributed by atoms with Crippen molar-refractivity contribution in [2.45, 2.75) is 17.8 Å². The minimum absolute atomic E-state index is 0.0329. The van der Waals surface area contributed by atoms with Gasteiger partial charge in [0, 0.05) is 56.7 Å². The van der Waals surface area contributed by atoms with E-state index in [1.54, 1.807) is 23.7 Å². The topological polar surface area (TPSA) is 85.7 Å². The number of benzene rings is 3. The van der Waals surface area contributed by atoms with Crippen molar-refractivity contribution in [2.24, 2.45) is 7.05 Å². The van der Waals surface area contributed by atoms with Gasteiger partial charge in [0.1, 0.15) is 12.4 Å². The monoisotopic (exact) mass is 572 g/mol. The van der Waals surface area contributed by atoms with Crippen LogP contribution in [-0.2, 0) is 17.5 Å². The van der Waals surface area contributed by atoms with E-state index in [1.165, 1.54) is 11.8 Å². The van der Waals surface area contributed by atoms with Crippen LogP contribution in [0.2, 0.25) is 0 Å². The number of carbonyl (C=O) groups is 1. The zero-order chi connectivity index (χ0) is 28.6. The van der Waals surface area contributed by atoms with Crippen molar-refractivity contribution >= 4 is 28.4 Å². The second-order valence-corrected chi connectivity index (χ2v) is 11.1. The van der Waals surface area contributed by atoms with Gasteiger partial charge in [-0.1, -0.05) is 48.2 Å². The maximum atomic E-state index is 13.0. The summed E-state index contributed by atoms with van der Waals surface area (Å²) in [5, 5.41) is 4.74. The van der Waals surface area contributed by atoms with E-state index in [0.29, 0.717) is 39.5 Å². The Morgan fingerprint density at radius 3 is 2.44 bits per heavy atom. The third-order valence-corrected chi connectivity index (χ3v) is 8.33. The largest absolute Gasteiger partial charge is 0.492 e. The molecule has 2 heterocycles. The average Bonchev–Trinajstić information content (AvgIpc) is 3.00. The molecule has 41 heavy (non-hydrogen) atoms. The molecule has 1 aliphatic heterocycles. The van der Waals surface area contributed by atoms with Crippen molar-refractivity contribution in [3.8, 4) is 5.75 Å². The zero-order valence-corrected chi connectivity index (χ0v) is 24.4. The molecule has 0 amide bonds. The first-order valence-corrected chi connectivity index (χ1v) is 14.9. The number of carbonyl (C=O) groups excluding carboxylic acids is 1. The number of morpholine rings is 1. The Labute approximate surface area is 244 Å². The normalized spacial score (nSPS) is 13.9. The summed E-state index contributed by atoms with van der Waals surface area (Å²) in [6, 6.07) is 20.6. The number of rotatable bonds is 12. The van der Waals surface area contributed by atoms with E-state index in [0.717, 1.165) is 62.8 Å². The van der Waals surface area contributed by atoms with Crippen molar-refractivity contribution < 1.29 is 14.3 Å². The maximum absolute atomic E-state index is 13.0. The van der Waals surface area contributed by atoms with Crippen molar-refractivity contribution in [2.75, 3.05) is 52.5 Å². The predicted octanol–water partition coefficient (Wildman–Crippen LogP) is 4.07. The molecule has 0 radical (unpaired) electrons. The van der Waals surface area contributed by atoms with Crippen LogP contribution in [0.3, 0.4) is 0 Å². The average molecular weight is 573 g/mol. The minimum Gasteiger partial charge on any atom is -0.492 e. The summed E-state index contributed by atoms with van der Waals surface area (Å²) in [6.07, 6.45) is 0. The number of hydrogen-bond acceptors (Lipinski definition) is 8. The minimum atomic E-state index is -0.0379. The molecule has 0 spiro atoms. The lowest BCUT2D eigenvalue weighted by Crippen LogP contribution is -2.40. The summed E-state index contributed by atoms with van der Waals surface area (Å²) in [7, 11) is 1.76. The van der Waals surface area contributed by atoms with Gasteiger partial charge in [0.15, 0.2) is 10.9 Å². The number of ether oxygens (including phenoxy) is 2. The van der Waals surface area contributed by atoms with E-state index in [1.807, 2.05) is 61.5 Å². The fourth-order valence-corrected chi connectivity index (χ4v) is 5.71. The van der Waals surface area contributed by atoms with Gasteiger partial charge in [0.2, 0.25) is 0 Å². The molecule has 1 fully saturated rings. The van der Waals surface area contributed by atoms with Gasteiger partial charge in [0.05, 0.1) is 24.1 Å². The number of ketones is 1. The second-order valence-electron chi connectivity index (χ2n) is 10.1. The summed E-state index contributed by atoms with van der Waals surface area (Å²) in [5.41, 5.74) is 3.90. The predicted molar refractivity (Wildman–Crippen MR) is 163 cm³/mol. The fraction of sp³-hybridized carbons (Fsp3) is 0.344. The van der Waals surface area contributed by atoms with Gasteiger partial charge in [-0.25, -0.2) is 4.98 Å². The van der Waals surface area contributed by atoms with Gasteiger partial charge in [-0.3, -0.25) is 19.1 Å². The van der Waals surface area contributed by atoms with Crippen LogP contribution in [0.4, 0.5) is 0 Å². The first-order valence-electron chi connectivity index (χ1n) is 14.0. The molecule has 1 saturated heterocycles. The van der Waals surface area contributed by atoms with Crippen molar-refractivity contribution in [1.29, 1.82) is 0 Å². The lowest BCUT2D eigenvalue weighted by molar-refractivity contribution is 0.0383. The van der Waals surface area contributed by atoms with Gasteiger partial charge in [-0.2, -0.15) is 0 Å². The number of fused-ring (bicyclic) bond motifs is 1. The van der Waals surface area contributed by atoms with E-state index in [-0.39, 0.29) is 11.3 Å². The van der Waals surface area contributed by atoms with E-state index in [2.05, 4.69) is 10.2 Å². The summed E-state index contributed by atoms with van der Waals surface area (Å²) < 4.78 is 12.8. The molecular formula is C32H36N4O4S. The van der Waals surface area contributed by atoms with Crippen LogP contribution < -0.4 is 15.6 Å². The molecule has 1 aliphatic rings. The Bertz CT molecular complexity index is 1530. The fourth-order valence-electron chi connectivity index (χ4n) is 4.78. The molecule has 214 valence electrons. The Morgan fingerprint density at radius 2 is 1.71 bits per heavy atom. The van der Waals surface area contributed by atoms with Crippen LogP contribution in [0.15, 0.2) is 76.7 Å². The third-order valence-electron chi connectivity index (χ3n) is 7.23. The molecule has 4 aromatic rings. The van der Waals surface area contributed by atoms with E-state index in [4.69, 9.17) is 14.5 Å². The molecule has 9 heteroatoms. The number of hydrogen-bond donors (Lipinski definition) is 1. The van der Waals surface area contributed by atoms with Gasteiger partial charge in [-0.05, 0) is 48.4 Å². The van der Waals surface area contributed by atoms with E-state index < -0.39 is 0 Å². The Hall–Kier alpha value is -3.50. The number of aromatic nitrogens is 2. The highest BCUT2D eigenvalue weighted by atomic mass is 32.2. The quantitative estimate of drug-likeness (QED) is 0.118. The van der Waals surface area contributed by atoms with Gasteiger partial charge >= 0.3 is 0 Å². The second kappa shape index (κ2) is 13.9. The summed E-state index contributed by atoms with van der Waals surface area (Å²) in [6.45, 7) is 8.84. The smallest absolute Gasteiger partial charge is 0.262 e. The molecule has 1 aromatic heterocycles. The SMILES string of the molecule is Cc1cccc2nc(SCc3ccc(C(=O)c4ccc(OCCNCCN5CCOCC5)cc4)cc3)n(C)c(=O)c12. The highest BCUT2D eigenvalue weighted by Crippen LogP contribution is 2.23. The number of nitrogens with one attached hydrogen (secondary N) is 1. The van der Waals surface area contributed by atoms with Crippen LogP contribution in [0.5, 0.6) is 5.75 Å². The highest BCUT2D eigenvalue weighted by Gasteiger charge is 2.13.